The third-order valence-electron chi connectivity index (χ3n) is 3.59. The van der Waals surface area contributed by atoms with Crippen LogP contribution in [0.2, 0.25) is 0 Å². The molecule has 0 amide bonds. The third-order valence-corrected chi connectivity index (χ3v) is 4.54. The second kappa shape index (κ2) is 9.11. The van der Waals surface area contributed by atoms with Crippen LogP contribution in [0, 0.1) is 0 Å². The molecule has 1 saturated heterocycles. The van der Waals surface area contributed by atoms with Gasteiger partial charge in [0.05, 0.1) is 13.1 Å². The van der Waals surface area contributed by atoms with Crippen LogP contribution in [0.25, 0.3) is 0 Å². The van der Waals surface area contributed by atoms with E-state index < -0.39 is 0 Å². The van der Waals surface area contributed by atoms with E-state index in [-0.39, 0.29) is 24.0 Å². The Labute approximate surface area is 157 Å². The number of aliphatic imine (C=N–C) groups is 1. The highest BCUT2D eigenvalue weighted by Gasteiger charge is 2.11. The van der Waals surface area contributed by atoms with Gasteiger partial charge in [-0.2, -0.15) is 16.9 Å². The van der Waals surface area contributed by atoms with Crippen LogP contribution in [0.15, 0.2) is 41.9 Å². The Kier molecular flexibility index (Phi) is 7.15. The van der Waals surface area contributed by atoms with Crippen LogP contribution >= 0.6 is 35.7 Å². The molecule has 0 radical (unpaired) electrons. The average Bonchev–Trinajstić information content (AvgIpc) is 3.08. The van der Waals surface area contributed by atoms with E-state index in [1.807, 2.05) is 11.8 Å². The summed E-state index contributed by atoms with van der Waals surface area (Å²) in [5.41, 5.74) is 8.42. The summed E-state index contributed by atoms with van der Waals surface area (Å²) in [6, 6.07) is 8.38. The lowest BCUT2D eigenvalue weighted by Gasteiger charge is -2.27. The molecule has 0 spiro atoms. The summed E-state index contributed by atoms with van der Waals surface area (Å²) in [6.45, 7) is 3.35. The van der Waals surface area contributed by atoms with E-state index in [2.05, 4.69) is 44.2 Å². The van der Waals surface area contributed by atoms with Crippen molar-refractivity contribution in [1.29, 1.82) is 0 Å². The molecule has 2 N–H and O–H groups in total. The number of rotatable bonds is 4. The van der Waals surface area contributed by atoms with Crippen molar-refractivity contribution >= 4 is 41.7 Å². The maximum atomic E-state index is 6.06. The quantitative estimate of drug-likeness (QED) is 0.443. The topological polar surface area (TPSA) is 72.3 Å². The smallest absolute Gasteiger partial charge is 0.191 e. The van der Waals surface area contributed by atoms with Gasteiger partial charge in [0.15, 0.2) is 5.96 Å². The maximum absolute atomic E-state index is 6.06. The van der Waals surface area contributed by atoms with Crippen molar-refractivity contribution < 1.29 is 0 Å². The largest absolute Gasteiger partial charge is 0.370 e. The minimum Gasteiger partial charge on any atom is -0.370 e. The maximum Gasteiger partial charge on any atom is 0.191 e. The molecule has 124 valence electrons. The van der Waals surface area contributed by atoms with Crippen molar-refractivity contribution in [3.63, 3.8) is 0 Å². The van der Waals surface area contributed by atoms with Crippen LogP contribution in [0.4, 0.5) is 0 Å². The number of nitrogens with zero attached hydrogens (tertiary/aromatic N) is 5. The van der Waals surface area contributed by atoms with Gasteiger partial charge < -0.3 is 10.6 Å². The number of benzene rings is 1. The van der Waals surface area contributed by atoms with Crippen molar-refractivity contribution in [2.24, 2.45) is 10.7 Å². The van der Waals surface area contributed by atoms with Crippen LogP contribution in [0.3, 0.4) is 0 Å². The van der Waals surface area contributed by atoms with Gasteiger partial charge in [-0.15, -0.1) is 24.0 Å². The number of hydrogen-bond donors (Lipinski definition) is 1. The van der Waals surface area contributed by atoms with Crippen LogP contribution in [-0.4, -0.2) is 50.2 Å². The SMILES string of the molecule is I.NC(=NCc1ccc(Cn2cncn2)cc1)N1CCSCC1. The molecule has 1 aliphatic rings. The van der Waals surface area contributed by atoms with E-state index in [1.165, 1.54) is 5.56 Å². The molecule has 2 heterocycles. The molecule has 0 saturated carbocycles. The first-order valence-electron chi connectivity index (χ1n) is 7.34. The Balaban J connectivity index is 0.00000192. The number of nitrogens with two attached hydrogens (primary N) is 1. The molecule has 1 aliphatic heterocycles. The van der Waals surface area contributed by atoms with Gasteiger partial charge in [0, 0.05) is 24.6 Å². The zero-order chi connectivity index (χ0) is 15.2. The number of thioether (sulfide) groups is 1. The minimum absolute atomic E-state index is 0. The monoisotopic (exact) mass is 444 g/mol. The number of aromatic nitrogens is 3. The fourth-order valence-electron chi connectivity index (χ4n) is 2.32. The number of guanidine groups is 1. The lowest BCUT2D eigenvalue weighted by atomic mass is 10.1. The highest BCUT2D eigenvalue weighted by atomic mass is 127. The molecule has 1 aromatic carbocycles. The van der Waals surface area contributed by atoms with E-state index in [9.17, 15) is 0 Å². The highest BCUT2D eigenvalue weighted by Crippen LogP contribution is 2.10. The molecule has 23 heavy (non-hydrogen) atoms. The highest BCUT2D eigenvalue weighted by molar-refractivity contribution is 14.0. The molecule has 3 rings (SSSR count). The Morgan fingerprint density at radius 3 is 2.52 bits per heavy atom. The number of halogens is 1. The first-order valence-corrected chi connectivity index (χ1v) is 8.49. The average molecular weight is 444 g/mol. The Bertz CT molecular complexity index is 607. The summed E-state index contributed by atoms with van der Waals surface area (Å²) in [6.07, 6.45) is 3.26. The summed E-state index contributed by atoms with van der Waals surface area (Å²) in [4.78, 5) is 10.6. The fourth-order valence-corrected chi connectivity index (χ4v) is 3.22. The van der Waals surface area contributed by atoms with Crippen molar-refractivity contribution in [2.45, 2.75) is 13.1 Å². The van der Waals surface area contributed by atoms with Gasteiger partial charge in [-0.3, -0.25) is 0 Å². The van der Waals surface area contributed by atoms with Gasteiger partial charge >= 0.3 is 0 Å². The minimum atomic E-state index is 0. The van der Waals surface area contributed by atoms with Crippen molar-refractivity contribution in [1.82, 2.24) is 19.7 Å². The van der Waals surface area contributed by atoms with Gasteiger partial charge in [-0.1, -0.05) is 24.3 Å². The Morgan fingerprint density at radius 2 is 1.87 bits per heavy atom. The van der Waals surface area contributed by atoms with Crippen LogP contribution < -0.4 is 5.73 Å². The first kappa shape index (κ1) is 18.1. The predicted octanol–water partition coefficient (Wildman–Crippen LogP) is 1.81. The molecule has 1 aromatic heterocycles. The van der Waals surface area contributed by atoms with Crippen molar-refractivity contribution in [2.75, 3.05) is 24.6 Å². The molecule has 6 nitrogen and oxygen atoms in total. The molecule has 0 bridgehead atoms. The van der Waals surface area contributed by atoms with Gasteiger partial charge in [0.25, 0.3) is 0 Å². The molecule has 0 aliphatic carbocycles. The summed E-state index contributed by atoms with van der Waals surface area (Å²) in [7, 11) is 0. The summed E-state index contributed by atoms with van der Waals surface area (Å²) < 4.78 is 1.81. The molecule has 8 heteroatoms. The van der Waals surface area contributed by atoms with Crippen molar-refractivity contribution in [3.05, 3.63) is 48.0 Å². The first-order chi connectivity index (χ1) is 10.8. The van der Waals surface area contributed by atoms with E-state index in [4.69, 9.17) is 5.73 Å². The van der Waals surface area contributed by atoms with Gasteiger partial charge in [-0.05, 0) is 11.1 Å². The lowest BCUT2D eigenvalue weighted by Crippen LogP contribution is -2.42. The molecular formula is C15H21IN6S. The van der Waals surface area contributed by atoms with E-state index >= 15 is 0 Å². The molecule has 2 aromatic rings. The third kappa shape index (κ3) is 5.38. The second-order valence-electron chi connectivity index (χ2n) is 5.18. The van der Waals surface area contributed by atoms with Gasteiger partial charge in [0.2, 0.25) is 0 Å². The second-order valence-corrected chi connectivity index (χ2v) is 6.41. The van der Waals surface area contributed by atoms with E-state index in [0.29, 0.717) is 12.5 Å². The van der Waals surface area contributed by atoms with Gasteiger partial charge in [0.1, 0.15) is 12.7 Å². The fraction of sp³-hybridized carbons (Fsp3) is 0.400. The normalized spacial score (nSPS) is 15.3. The van der Waals surface area contributed by atoms with Gasteiger partial charge in [-0.25, -0.2) is 14.7 Å². The van der Waals surface area contributed by atoms with Crippen molar-refractivity contribution in [3.8, 4) is 0 Å². The molecular weight excluding hydrogens is 423 g/mol. The van der Waals surface area contributed by atoms with Crippen LogP contribution in [-0.2, 0) is 13.1 Å². The van der Waals surface area contributed by atoms with E-state index in [1.54, 1.807) is 17.3 Å². The van der Waals surface area contributed by atoms with Crippen LogP contribution in [0.5, 0.6) is 0 Å². The molecule has 0 atom stereocenters. The zero-order valence-electron chi connectivity index (χ0n) is 12.8. The Morgan fingerprint density at radius 1 is 1.17 bits per heavy atom. The zero-order valence-corrected chi connectivity index (χ0v) is 16.0. The molecule has 0 unspecified atom stereocenters. The Hall–Kier alpha value is -1.29. The summed E-state index contributed by atoms with van der Waals surface area (Å²) in [5, 5.41) is 4.11. The summed E-state index contributed by atoms with van der Waals surface area (Å²) >= 11 is 1.97. The van der Waals surface area contributed by atoms with E-state index in [0.717, 1.165) is 36.7 Å². The lowest BCUT2D eigenvalue weighted by molar-refractivity contribution is 0.455. The molecule has 1 fully saturated rings. The predicted molar refractivity (Wildman–Crippen MR) is 105 cm³/mol. The standard InChI is InChI=1S/C15H20N6S.HI/c16-15(20-5-7-22-8-6-20)18-9-13-1-3-14(4-2-13)10-21-12-17-11-19-21;/h1-4,11-12H,5-10H2,(H2,16,18);1H. The van der Waals surface area contributed by atoms with Crippen LogP contribution in [0.1, 0.15) is 11.1 Å². The summed E-state index contributed by atoms with van der Waals surface area (Å²) in [5.74, 6) is 2.92. The number of hydrogen-bond acceptors (Lipinski definition) is 4.